The minimum absolute atomic E-state index is 0.160. The van der Waals surface area contributed by atoms with E-state index >= 15 is 0 Å². The molecule has 2 saturated heterocycles. The second-order valence-electron chi connectivity index (χ2n) is 8.67. The molecule has 168 valence electrons. The largest absolute Gasteiger partial charge is 0.352 e. The third-order valence-electron chi connectivity index (χ3n) is 6.85. The van der Waals surface area contributed by atoms with Gasteiger partial charge in [0.25, 0.3) is 5.69 Å². The maximum absolute atomic E-state index is 13.8. The van der Waals surface area contributed by atoms with Gasteiger partial charge in [-0.1, -0.05) is 55.8 Å². The zero-order valence-corrected chi connectivity index (χ0v) is 18.1. The Morgan fingerprint density at radius 3 is 2.58 bits per heavy atom. The summed E-state index contributed by atoms with van der Waals surface area (Å²) in [6.45, 7) is 2.33. The number of nitrogens with zero attached hydrogens (tertiary/aromatic N) is 3. The van der Waals surface area contributed by atoms with Crippen LogP contribution in [0.25, 0.3) is 6.08 Å². The summed E-state index contributed by atoms with van der Waals surface area (Å²) in [5.41, 5.74) is 1.65. The number of imide groups is 1. The second-order valence-corrected chi connectivity index (χ2v) is 8.67. The first-order valence-corrected chi connectivity index (χ1v) is 11.1. The Morgan fingerprint density at radius 2 is 1.82 bits per heavy atom. The molecule has 0 aromatic heterocycles. The van der Waals surface area contributed by atoms with E-state index in [-0.39, 0.29) is 28.8 Å². The Labute approximate surface area is 190 Å². The molecule has 3 heterocycles. The van der Waals surface area contributed by atoms with E-state index in [1.54, 1.807) is 0 Å². The molecule has 0 N–H and O–H groups in total. The van der Waals surface area contributed by atoms with Crippen LogP contribution in [-0.4, -0.2) is 46.0 Å². The van der Waals surface area contributed by atoms with Crippen LogP contribution >= 0.6 is 0 Å². The lowest BCUT2D eigenvalue weighted by atomic mass is 9.86. The first-order valence-electron chi connectivity index (χ1n) is 11.1. The maximum atomic E-state index is 13.8. The van der Waals surface area contributed by atoms with Gasteiger partial charge in [-0.2, -0.15) is 0 Å². The molecule has 3 aliphatic heterocycles. The number of hydrogen-bond acceptors (Lipinski definition) is 6. The number of rotatable bonds is 6. The molecule has 2 amide bonds. The van der Waals surface area contributed by atoms with E-state index in [2.05, 4.69) is 0 Å². The van der Waals surface area contributed by atoms with Gasteiger partial charge in [0.1, 0.15) is 6.04 Å². The molecular weight excluding hydrogens is 422 g/mol. The Balaban J connectivity index is 1.62. The van der Waals surface area contributed by atoms with Gasteiger partial charge in [-0.05, 0) is 18.1 Å². The number of nitro benzene ring substituents is 1. The van der Waals surface area contributed by atoms with Gasteiger partial charge >= 0.3 is 0 Å². The third kappa shape index (κ3) is 3.16. The molecule has 0 spiro atoms. The van der Waals surface area contributed by atoms with Gasteiger partial charge in [-0.25, -0.2) is 0 Å². The quantitative estimate of drug-likeness (QED) is 0.292. The fourth-order valence-corrected chi connectivity index (χ4v) is 5.36. The van der Waals surface area contributed by atoms with E-state index in [1.165, 1.54) is 29.2 Å². The Morgan fingerprint density at radius 1 is 1.06 bits per heavy atom. The lowest BCUT2D eigenvalue weighted by Crippen LogP contribution is -2.48. The number of likely N-dealkylation sites (tertiary alicyclic amines) is 1. The van der Waals surface area contributed by atoms with Crippen molar-refractivity contribution in [2.24, 2.45) is 11.8 Å². The molecule has 0 radical (unpaired) electrons. The van der Waals surface area contributed by atoms with Crippen LogP contribution in [0.2, 0.25) is 0 Å². The van der Waals surface area contributed by atoms with Crippen LogP contribution in [0.1, 0.15) is 35.7 Å². The number of ketones is 1. The van der Waals surface area contributed by atoms with Crippen molar-refractivity contribution in [3.8, 4) is 0 Å². The molecule has 8 heteroatoms. The topological polar surface area (TPSA) is 101 Å². The first kappa shape index (κ1) is 21.1. The number of hydrogen-bond donors (Lipinski definition) is 0. The summed E-state index contributed by atoms with van der Waals surface area (Å²) in [6.07, 6.45) is 5.37. The third-order valence-corrected chi connectivity index (χ3v) is 6.85. The predicted molar refractivity (Wildman–Crippen MR) is 122 cm³/mol. The van der Waals surface area contributed by atoms with E-state index in [0.717, 1.165) is 17.7 Å². The van der Waals surface area contributed by atoms with Crippen molar-refractivity contribution in [3.63, 3.8) is 0 Å². The van der Waals surface area contributed by atoms with Gasteiger partial charge < -0.3 is 4.90 Å². The summed E-state index contributed by atoms with van der Waals surface area (Å²) < 4.78 is 0. The molecule has 0 unspecified atom stereocenters. The van der Waals surface area contributed by atoms with Crippen LogP contribution in [0.3, 0.4) is 0 Å². The highest BCUT2D eigenvalue weighted by molar-refractivity contribution is 6.14. The van der Waals surface area contributed by atoms with E-state index in [0.29, 0.717) is 13.0 Å². The highest BCUT2D eigenvalue weighted by atomic mass is 16.6. The molecule has 0 bridgehead atoms. The number of fused-ring (bicyclic) bond motifs is 5. The number of non-ortho nitro benzene ring substituents is 1. The van der Waals surface area contributed by atoms with Gasteiger partial charge in [-0.15, -0.1) is 0 Å². The number of Topliss-reactive ketones (excluding diaryl/α,β-unsaturated/α-hetero) is 1. The van der Waals surface area contributed by atoms with Crippen LogP contribution in [-0.2, 0) is 9.59 Å². The monoisotopic (exact) mass is 445 g/mol. The van der Waals surface area contributed by atoms with Crippen molar-refractivity contribution in [3.05, 3.63) is 75.8 Å². The Hall–Kier alpha value is -3.81. The zero-order chi connectivity index (χ0) is 23.3. The molecule has 4 atom stereocenters. The summed E-state index contributed by atoms with van der Waals surface area (Å²) in [5, 5.41) is 11.3. The zero-order valence-electron chi connectivity index (χ0n) is 18.1. The van der Waals surface area contributed by atoms with Gasteiger partial charge in [0.05, 0.1) is 22.8 Å². The molecule has 0 saturated carbocycles. The molecule has 2 aromatic rings. The number of carbonyl (C=O) groups is 3. The van der Waals surface area contributed by atoms with Crippen molar-refractivity contribution in [2.45, 2.75) is 31.8 Å². The minimum Gasteiger partial charge on any atom is -0.352 e. The summed E-state index contributed by atoms with van der Waals surface area (Å²) in [6, 6.07) is 11.8. The Kier molecular flexibility index (Phi) is 5.08. The highest BCUT2D eigenvalue weighted by Crippen LogP contribution is 2.49. The van der Waals surface area contributed by atoms with Crippen molar-refractivity contribution < 1.29 is 19.3 Å². The number of anilines is 1. The normalized spacial score (nSPS) is 25.1. The summed E-state index contributed by atoms with van der Waals surface area (Å²) in [5.74, 6) is -2.46. The number of nitro groups is 1. The lowest BCUT2D eigenvalue weighted by Gasteiger charge is -2.36. The van der Waals surface area contributed by atoms with Crippen molar-refractivity contribution in [1.29, 1.82) is 0 Å². The predicted octanol–water partition coefficient (Wildman–Crippen LogP) is 3.46. The SMILES string of the molecule is CCCCN1C(=O)[C@@H]2[C@H](C1=O)[C@@H](C(=O)c1cccc([N+](=O)[O-])c1)N1c3ccccc3C=C[C@@H]21. The van der Waals surface area contributed by atoms with Gasteiger partial charge in [0.2, 0.25) is 11.8 Å². The van der Waals surface area contributed by atoms with Crippen molar-refractivity contribution in [2.75, 3.05) is 11.4 Å². The highest BCUT2D eigenvalue weighted by Gasteiger charge is 2.63. The Bertz CT molecular complexity index is 1210. The molecule has 0 aliphatic carbocycles. The van der Waals surface area contributed by atoms with Crippen LogP contribution in [0.5, 0.6) is 0 Å². The average molecular weight is 445 g/mol. The van der Waals surface area contributed by atoms with Crippen LogP contribution in [0.4, 0.5) is 11.4 Å². The smallest absolute Gasteiger partial charge is 0.270 e. The van der Waals surface area contributed by atoms with Crippen LogP contribution in [0.15, 0.2) is 54.6 Å². The molecule has 5 rings (SSSR count). The summed E-state index contributed by atoms with van der Waals surface area (Å²) in [7, 11) is 0. The number of amides is 2. The number of benzene rings is 2. The fraction of sp³-hybridized carbons (Fsp3) is 0.320. The maximum Gasteiger partial charge on any atom is 0.270 e. The number of para-hydroxylation sites is 1. The van der Waals surface area contributed by atoms with E-state index in [4.69, 9.17) is 0 Å². The van der Waals surface area contributed by atoms with Crippen molar-refractivity contribution >= 4 is 35.0 Å². The van der Waals surface area contributed by atoms with Crippen LogP contribution < -0.4 is 4.90 Å². The minimum atomic E-state index is -0.920. The first-order chi connectivity index (χ1) is 15.9. The molecule has 8 nitrogen and oxygen atoms in total. The van der Waals surface area contributed by atoms with Gasteiger partial charge in [0.15, 0.2) is 5.78 Å². The van der Waals surface area contributed by atoms with Gasteiger partial charge in [0, 0.05) is 29.9 Å². The van der Waals surface area contributed by atoms with E-state index < -0.39 is 28.8 Å². The average Bonchev–Trinajstić information content (AvgIpc) is 3.30. The second kappa shape index (κ2) is 7.95. The summed E-state index contributed by atoms with van der Waals surface area (Å²) in [4.78, 5) is 54.6. The van der Waals surface area contributed by atoms with Gasteiger partial charge in [-0.3, -0.25) is 29.4 Å². The number of unbranched alkanes of at least 4 members (excludes halogenated alkanes) is 1. The van der Waals surface area contributed by atoms with Crippen LogP contribution in [0, 0.1) is 22.0 Å². The van der Waals surface area contributed by atoms with E-state index in [9.17, 15) is 24.5 Å². The molecule has 2 aromatic carbocycles. The standard InChI is InChI=1S/C25H23N3O5/c1-2-3-13-26-24(30)20-19-12-11-15-7-4-5-10-18(15)27(19)22(21(20)25(26)31)23(29)16-8-6-9-17(14-16)28(32)33/h4-12,14,19-22H,2-3,13H2,1H3/t19-,20-,21-,22-/m0/s1. The number of carbonyl (C=O) groups excluding carboxylic acids is 3. The summed E-state index contributed by atoms with van der Waals surface area (Å²) >= 11 is 0. The van der Waals surface area contributed by atoms with E-state index in [1.807, 2.05) is 48.2 Å². The molecule has 2 fully saturated rings. The lowest BCUT2D eigenvalue weighted by molar-refractivity contribution is -0.384. The molecule has 33 heavy (non-hydrogen) atoms. The molecule has 3 aliphatic rings. The fourth-order valence-electron chi connectivity index (χ4n) is 5.36. The van der Waals surface area contributed by atoms with Crippen molar-refractivity contribution in [1.82, 2.24) is 4.90 Å². The molecular formula is C25H23N3O5.